The zero-order chi connectivity index (χ0) is 14.5. The molecule has 2 rings (SSSR count). The largest absolute Gasteiger partial charge is 0.381 e. The van der Waals surface area contributed by atoms with Gasteiger partial charge in [0, 0.05) is 32.4 Å². The molecule has 1 atom stereocenters. The SMILES string of the molecule is CS(=O)(=O)NCCCNC1CCOC2(CCOCC2)C1. The second kappa shape index (κ2) is 7.17. The van der Waals surface area contributed by atoms with Crippen molar-refractivity contribution in [1.82, 2.24) is 10.0 Å². The first-order chi connectivity index (χ1) is 9.49. The lowest BCUT2D eigenvalue weighted by Crippen LogP contribution is -2.50. The monoisotopic (exact) mass is 306 g/mol. The van der Waals surface area contributed by atoms with E-state index in [1.54, 1.807) is 0 Å². The molecule has 2 N–H and O–H groups in total. The molecule has 2 aliphatic rings. The van der Waals surface area contributed by atoms with Crippen LogP contribution in [0.25, 0.3) is 0 Å². The minimum Gasteiger partial charge on any atom is -0.381 e. The molecule has 0 radical (unpaired) electrons. The Labute approximate surface area is 121 Å². The first-order valence-electron chi connectivity index (χ1n) is 7.39. The molecular weight excluding hydrogens is 280 g/mol. The molecule has 0 amide bonds. The summed E-state index contributed by atoms with van der Waals surface area (Å²) >= 11 is 0. The summed E-state index contributed by atoms with van der Waals surface area (Å²) in [6.45, 7) is 3.73. The minimum absolute atomic E-state index is 0.0131. The molecular formula is C13H26N2O4S. The molecule has 6 nitrogen and oxygen atoms in total. The van der Waals surface area contributed by atoms with Crippen LogP contribution in [-0.2, 0) is 19.5 Å². The van der Waals surface area contributed by atoms with E-state index < -0.39 is 10.0 Å². The van der Waals surface area contributed by atoms with Crippen molar-refractivity contribution in [2.75, 3.05) is 39.2 Å². The van der Waals surface area contributed by atoms with Crippen molar-refractivity contribution in [3.05, 3.63) is 0 Å². The van der Waals surface area contributed by atoms with Crippen LogP contribution >= 0.6 is 0 Å². The Kier molecular flexibility index (Phi) is 5.80. The molecule has 20 heavy (non-hydrogen) atoms. The predicted molar refractivity (Wildman–Crippen MR) is 77.2 cm³/mol. The summed E-state index contributed by atoms with van der Waals surface area (Å²) in [6.07, 6.45) is 6.04. The van der Waals surface area contributed by atoms with Gasteiger partial charge in [0.05, 0.1) is 11.9 Å². The van der Waals surface area contributed by atoms with Gasteiger partial charge in [-0.3, -0.25) is 0 Å². The van der Waals surface area contributed by atoms with Crippen LogP contribution in [0.5, 0.6) is 0 Å². The topological polar surface area (TPSA) is 76.7 Å². The van der Waals surface area contributed by atoms with Crippen LogP contribution in [0.3, 0.4) is 0 Å². The van der Waals surface area contributed by atoms with Crippen molar-refractivity contribution in [3.63, 3.8) is 0 Å². The van der Waals surface area contributed by atoms with Gasteiger partial charge in [0.2, 0.25) is 10.0 Å². The van der Waals surface area contributed by atoms with Crippen LogP contribution in [0, 0.1) is 0 Å². The highest BCUT2D eigenvalue weighted by Gasteiger charge is 2.38. The summed E-state index contributed by atoms with van der Waals surface area (Å²) in [4.78, 5) is 0. The maximum Gasteiger partial charge on any atom is 0.208 e. The van der Waals surface area contributed by atoms with Crippen molar-refractivity contribution >= 4 is 10.0 Å². The van der Waals surface area contributed by atoms with Crippen molar-refractivity contribution < 1.29 is 17.9 Å². The molecule has 0 aliphatic carbocycles. The highest BCUT2D eigenvalue weighted by molar-refractivity contribution is 7.88. The Morgan fingerprint density at radius 3 is 2.65 bits per heavy atom. The molecule has 0 aromatic rings. The molecule has 2 aliphatic heterocycles. The summed E-state index contributed by atoms with van der Waals surface area (Å²) in [6, 6.07) is 0.472. The Hall–Kier alpha value is -0.210. The lowest BCUT2D eigenvalue weighted by molar-refractivity contribution is -0.140. The Morgan fingerprint density at radius 2 is 1.95 bits per heavy atom. The summed E-state index contributed by atoms with van der Waals surface area (Å²) < 4.78 is 35.8. The molecule has 0 aromatic carbocycles. The Morgan fingerprint density at radius 1 is 1.20 bits per heavy atom. The zero-order valence-electron chi connectivity index (χ0n) is 12.2. The zero-order valence-corrected chi connectivity index (χ0v) is 13.0. The van der Waals surface area contributed by atoms with Crippen LogP contribution < -0.4 is 10.0 Å². The van der Waals surface area contributed by atoms with E-state index in [-0.39, 0.29) is 5.60 Å². The van der Waals surface area contributed by atoms with Gasteiger partial charge in [-0.05, 0) is 38.6 Å². The van der Waals surface area contributed by atoms with E-state index in [4.69, 9.17) is 9.47 Å². The van der Waals surface area contributed by atoms with Gasteiger partial charge >= 0.3 is 0 Å². The predicted octanol–water partition coefficient (Wildman–Crippen LogP) is 0.244. The van der Waals surface area contributed by atoms with Gasteiger partial charge in [-0.2, -0.15) is 0 Å². The highest BCUT2D eigenvalue weighted by atomic mass is 32.2. The van der Waals surface area contributed by atoms with Gasteiger partial charge in [0.25, 0.3) is 0 Å². The Balaban J connectivity index is 1.65. The minimum atomic E-state index is -3.06. The van der Waals surface area contributed by atoms with Crippen molar-refractivity contribution in [2.45, 2.75) is 43.7 Å². The average molecular weight is 306 g/mol. The molecule has 2 fully saturated rings. The number of hydrogen-bond donors (Lipinski definition) is 2. The van der Waals surface area contributed by atoms with Crippen molar-refractivity contribution in [1.29, 1.82) is 0 Å². The third kappa shape index (κ3) is 5.29. The third-order valence-corrected chi connectivity index (χ3v) is 4.78. The van der Waals surface area contributed by atoms with Gasteiger partial charge < -0.3 is 14.8 Å². The normalized spacial score (nSPS) is 26.8. The van der Waals surface area contributed by atoms with Gasteiger partial charge in [-0.1, -0.05) is 0 Å². The lowest BCUT2D eigenvalue weighted by atomic mass is 9.84. The first-order valence-corrected chi connectivity index (χ1v) is 9.28. The van der Waals surface area contributed by atoms with Gasteiger partial charge in [0.15, 0.2) is 0 Å². The molecule has 2 heterocycles. The van der Waals surface area contributed by atoms with E-state index in [2.05, 4.69) is 10.0 Å². The van der Waals surface area contributed by atoms with Crippen LogP contribution in [-0.4, -0.2) is 59.2 Å². The van der Waals surface area contributed by atoms with E-state index in [9.17, 15) is 8.42 Å². The van der Waals surface area contributed by atoms with Gasteiger partial charge in [-0.15, -0.1) is 0 Å². The second-order valence-corrected chi connectivity index (χ2v) is 7.64. The number of rotatable bonds is 6. The summed E-state index contributed by atoms with van der Waals surface area (Å²) in [5, 5.41) is 3.52. The Bertz CT molecular complexity index is 388. The first kappa shape index (κ1) is 16.2. The summed E-state index contributed by atoms with van der Waals surface area (Å²) in [5.74, 6) is 0. The van der Waals surface area contributed by atoms with Crippen molar-refractivity contribution in [3.8, 4) is 0 Å². The standard InChI is InChI=1S/C13H26N2O4S/c1-20(16,17)15-7-2-6-14-12-3-8-19-13(11-12)4-9-18-10-5-13/h12,14-15H,2-11H2,1H3. The van der Waals surface area contributed by atoms with E-state index in [1.165, 1.54) is 6.26 Å². The number of ether oxygens (including phenoxy) is 2. The molecule has 7 heteroatoms. The van der Waals surface area contributed by atoms with Crippen LogP contribution in [0.2, 0.25) is 0 Å². The third-order valence-electron chi connectivity index (χ3n) is 4.05. The maximum atomic E-state index is 10.9. The average Bonchev–Trinajstić information content (AvgIpc) is 2.38. The van der Waals surface area contributed by atoms with Gasteiger partial charge in [0.1, 0.15) is 0 Å². The quantitative estimate of drug-likeness (QED) is 0.688. The molecule has 0 aromatic heterocycles. The van der Waals surface area contributed by atoms with E-state index in [1.807, 2.05) is 0 Å². The molecule has 1 unspecified atom stereocenters. The fraction of sp³-hybridized carbons (Fsp3) is 1.00. The van der Waals surface area contributed by atoms with E-state index >= 15 is 0 Å². The number of hydrogen-bond acceptors (Lipinski definition) is 5. The number of nitrogens with one attached hydrogen (secondary N) is 2. The second-order valence-electron chi connectivity index (χ2n) is 5.81. The highest BCUT2D eigenvalue weighted by Crippen LogP contribution is 2.34. The summed E-state index contributed by atoms with van der Waals surface area (Å²) in [7, 11) is -3.06. The van der Waals surface area contributed by atoms with Gasteiger partial charge in [-0.25, -0.2) is 13.1 Å². The van der Waals surface area contributed by atoms with E-state index in [0.29, 0.717) is 12.6 Å². The molecule has 0 saturated carbocycles. The molecule has 0 bridgehead atoms. The van der Waals surface area contributed by atoms with Crippen LogP contribution in [0.1, 0.15) is 32.1 Å². The van der Waals surface area contributed by atoms with Crippen molar-refractivity contribution in [2.24, 2.45) is 0 Å². The fourth-order valence-corrected chi connectivity index (χ4v) is 3.46. The number of sulfonamides is 1. The molecule has 1 spiro atoms. The smallest absolute Gasteiger partial charge is 0.208 e. The van der Waals surface area contributed by atoms with E-state index in [0.717, 1.165) is 58.5 Å². The maximum absolute atomic E-state index is 10.9. The van der Waals surface area contributed by atoms with Crippen LogP contribution in [0.15, 0.2) is 0 Å². The fourth-order valence-electron chi connectivity index (χ4n) is 2.95. The molecule has 2 saturated heterocycles. The van der Waals surface area contributed by atoms with Crippen LogP contribution in [0.4, 0.5) is 0 Å². The molecule has 118 valence electrons. The summed E-state index contributed by atoms with van der Waals surface area (Å²) in [5.41, 5.74) is 0.0131. The lowest BCUT2D eigenvalue weighted by Gasteiger charge is -2.43.